The van der Waals surface area contributed by atoms with Gasteiger partial charge in [-0.25, -0.2) is 0 Å². The van der Waals surface area contributed by atoms with Gasteiger partial charge in [-0.2, -0.15) is 0 Å². The van der Waals surface area contributed by atoms with E-state index < -0.39 is 4.92 Å². The number of nitrogens with two attached hydrogens (primary N) is 1. The van der Waals surface area contributed by atoms with Crippen molar-refractivity contribution in [3.05, 3.63) is 28.0 Å². The molecule has 0 aliphatic carbocycles. The first kappa shape index (κ1) is 13.0. The van der Waals surface area contributed by atoms with Crippen molar-refractivity contribution in [2.45, 2.75) is 25.3 Å². The highest BCUT2D eigenvalue weighted by molar-refractivity contribution is 5.20. The highest BCUT2D eigenvalue weighted by Crippen LogP contribution is 2.35. The lowest BCUT2D eigenvalue weighted by molar-refractivity contribution is -0.402. The SMILES string of the molecule is CN1CCCCC(CN)C1c1ccc([N+](=O)[O-])o1. The Hall–Kier alpha value is -1.40. The van der Waals surface area contributed by atoms with E-state index in [0.29, 0.717) is 18.2 Å². The Morgan fingerprint density at radius 3 is 2.94 bits per heavy atom. The topological polar surface area (TPSA) is 85.5 Å². The molecule has 2 atom stereocenters. The van der Waals surface area contributed by atoms with Gasteiger partial charge in [-0.3, -0.25) is 15.0 Å². The van der Waals surface area contributed by atoms with Gasteiger partial charge < -0.3 is 10.2 Å². The molecule has 1 aromatic rings. The van der Waals surface area contributed by atoms with Gasteiger partial charge in [-0.15, -0.1) is 0 Å². The lowest BCUT2D eigenvalue weighted by Crippen LogP contribution is -2.32. The van der Waals surface area contributed by atoms with Crippen molar-refractivity contribution in [2.75, 3.05) is 20.1 Å². The monoisotopic (exact) mass is 253 g/mol. The zero-order chi connectivity index (χ0) is 13.1. The first-order chi connectivity index (χ1) is 8.63. The summed E-state index contributed by atoms with van der Waals surface area (Å²) in [5.41, 5.74) is 5.83. The van der Waals surface area contributed by atoms with Crippen LogP contribution in [0.3, 0.4) is 0 Å². The second kappa shape index (κ2) is 5.49. The van der Waals surface area contributed by atoms with Crippen LogP contribution in [-0.2, 0) is 0 Å². The number of likely N-dealkylation sites (tertiary alicyclic amines) is 1. The highest BCUT2D eigenvalue weighted by atomic mass is 16.6. The number of nitro groups is 1. The maximum atomic E-state index is 10.7. The standard InChI is InChI=1S/C12H19N3O3/c1-14-7-3-2-4-9(8-13)12(14)10-5-6-11(18-10)15(16)17/h5-6,9,12H,2-4,7-8,13H2,1H3. The van der Waals surface area contributed by atoms with Crippen LogP contribution in [0.5, 0.6) is 0 Å². The third-order valence-electron chi connectivity index (χ3n) is 3.64. The Balaban J connectivity index is 2.27. The number of furan rings is 1. The highest BCUT2D eigenvalue weighted by Gasteiger charge is 2.31. The molecule has 1 aliphatic rings. The smallest absolute Gasteiger partial charge is 0.404 e. The molecular weight excluding hydrogens is 234 g/mol. The molecule has 0 spiro atoms. The Bertz CT molecular complexity index is 418. The van der Waals surface area contributed by atoms with E-state index in [4.69, 9.17) is 10.2 Å². The van der Waals surface area contributed by atoms with E-state index in [0.717, 1.165) is 25.8 Å². The molecule has 1 aromatic heterocycles. The van der Waals surface area contributed by atoms with Gasteiger partial charge in [0, 0.05) is 0 Å². The van der Waals surface area contributed by atoms with Gasteiger partial charge in [0.2, 0.25) is 0 Å². The average molecular weight is 253 g/mol. The molecule has 0 aromatic carbocycles. The summed E-state index contributed by atoms with van der Waals surface area (Å²) >= 11 is 0. The number of rotatable bonds is 3. The summed E-state index contributed by atoms with van der Waals surface area (Å²) in [6.07, 6.45) is 3.32. The third-order valence-corrected chi connectivity index (χ3v) is 3.64. The quantitative estimate of drug-likeness (QED) is 0.657. The van der Waals surface area contributed by atoms with Gasteiger partial charge in [0.1, 0.15) is 10.7 Å². The lowest BCUT2D eigenvalue weighted by Gasteiger charge is -2.29. The zero-order valence-corrected chi connectivity index (χ0v) is 10.5. The molecule has 2 rings (SSSR count). The van der Waals surface area contributed by atoms with Gasteiger partial charge in [0.15, 0.2) is 0 Å². The van der Waals surface area contributed by atoms with E-state index in [1.165, 1.54) is 6.07 Å². The Morgan fingerprint density at radius 1 is 1.56 bits per heavy atom. The maximum absolute atomic E-state index is 10.7. The van der Waals surface area contributed by atoms with Gasteiger partial charge >= 0.3 is 5.88 Å². The Kier molecular flexibility index (Phi) is 3.98. The van der Waals surface area contributed by atoms with E-state index in [9.17, 15) is 10.1 Å². The van der Waals surface area contributed by atoms with E-state index in [1.54, 1.807) is 6.07 Å². The summed E-state index contributed by atoms with van der Waals surface area (Å²) in [5, 5.41) is 10.7. The van der Waals surface area contributed by atoms with E-state index in [-0.39, 0.29) is 11.9 Å². The molecule has 0 bridgehead atoms. The third kappa shape index (κ3) is 2.54. The van der Waals surface area contributed by atoms with E-state index >= 15 is 0 Å². The first-order valence-corrected chi connectivity index (χ1v) is 6.28. The fourth-order valence-corrected chi connectivity index (χ4v) is 2.72. The predicted molar refractivity (Wildman–Crippen MR) is 67.1 cm³/mol. The molecule has 0 saturated carbocycles. The van der Waals surface area contributed by atoms with Crippen LogP contribution in [0.4, 0.5) is 5.88 Å². The summed E-state index contributed by atoms with van der Waals surface area (Å²) in [6.45, 7) is 1.54. The number of hydrogen-bond acceptors (Lipinski definition) is 5. The van der Waals surface area contributed by atoms with E-state index in [2.05, 4.69) is 4.90 Å². The molecule has 6 nitrogen and oxygen atoms in total. The molecule has 6 heteroatoms. The molecule has 1 aliphatic heterocycles. The van der Waals surface area contributed by atoms with Crippen molar-refractivity contribution >= 4 is 5.88 Å². The molecule has 0 amide bonds. The van der Waals surface area contributed by atoms with Gasteiger partial charge in [0.25, 0.3) is 0 Å². The van der Waals surface area contributed by atoms with Crippen LogP contribution in [0.1, 0.15) is 31.1 Å². The van der Waals surface area contributed by atoms with Crippen LogP contribution in [0.2, 0.25) is 0 Å². The molecular formula is C12H19N3O3. The van der Waals surface area contributed by atoms with Gasteiger partial charge in [-0.05, 0) is 45.0 Å². The Morgan fingerprint density at radius 2 is 2.33 bits per heavy atom. The van der Waals surface area contributed by atoms with Gasteiger partial charge in [-0.1, -0.05) is 6.42 Å². The molecule has 2 heterocycles. The summed E-state index contributed by atoms with van der Waals surface area (Å²) in [7, 11) is 2.02. The molecule has 1 saturated heterocycles. The van der Waals surface area contributed by atoms with Crippen LogP contribution in [-0.4, -0.2) is 30.0 Å². The molecule has 1 fully saturated rings. The number of hydrogen-bond donors (Lipinski definition) is 1. The minimum absolute atomic E-state index is 0.0474. The maximum Gasteiger partial charge on any atom is 0.433 e. The zero-order valence-electron chi connectivity index (χ0n) is 10.5. The van der Waals surface area contributed by atoms with Crippen molar-refractivity contribution in [1.29, 1.82) is 0 Å². The minimum Gasteiger partial charge on any atom is -0.404 e. The summed E-state index contributed by atoms with van der Waals surface area (Å²) in [5.74, 6) is 0.753. The first-order valence-electron chi connectivity index (χ1n) is 6.28. The second-order valence-corrected chi connectivity index (χ2v) is 4.85. The van der Waals surface area contributed by atoms with Gasteiger partial charge in [0.05, 0.1) is 12.1 Å². The lowest BCUT2D eigenvalue weighted by atomic mass is 9.93. The molecule has 18 heavy (non-hydrogen) atoms. The summed E-state index contributed by atoms with van der Waals surface area (Å²) in [6, 6.07) is 3.17. The Labute approximate surface area is 106 Å². The van der Waals surface area contributed by atoms with Crippen molar-refractivity contribution in [3.8, 4) is 0 Å². The fraction of sp³-hybridized carbons (Fsp3) is 0.667. The normalized spacial score (nSPS) is 25.9. The molecule has 2 unspecified atom stereocenters. The predicted octanol–water partition coefficient (Wildman–Crippen LogP) is 1.92. The minimum atomic E-state index is -0.502. The average Bonchev–Trinajstić information content (AvgIpc) is 2.74. The van der Waals surface area contributed by atoms with Crippen LogP contribution in [0.25, 0.3) is 0 Å². The van der Waals surface area contributed by atoms with Crippen molar-refractivity contribution in [3.63, 3.8) is 0 Å². The van der Waals surface area contributed by atoms with Crippen LogP contribution in [0, 0.1) is 16.0 Å². The van der Waals surface area contributed by atoms with Crippen molar-refractivity contribution in [2.24, 2.45) is 11.7 Å². The summed E-state index contributed by atoms with van der Waals surface area (Å²) in [4.78, 5) is 12.4. The van der Waals surface area contributed by atoms with Crippen LogP contribution in [0.15, 0.2) is 16.5 Å². The number of nitrogens with zero attached hydrogens (tertiary/aromatic N) is 2. The second-order valence-electron chi connectivity index (χ2n) is 4.85. The summed E-state index contributed by atoms with van der Waals surface area (Å²) < 4.78 is 5.35. The molecule has 0 radical (unpaired) electrons. The van der Waals surface area contributed by atoms with Crippen molar-refractivity contribution < 1.29 is 9.34 Å². The fourth-order valence-electron chi connectivity index (χ4n) is 2.72. The largest absolute Gasteiger partial charge is 0.433 e. The van der Waals surface area contributed by atoms with E-state index in [1.807, 2.05) is 7.05 Å². The van der Waals surface area contributed by atoms with Crippen LogP contribution < -0.4 is 5.73 Å². The van der Waals surface area contributed by atoms with Crippen molar-refractivity contribution in [1.82, 2.24) is 4.90 Å². The molecule has 100 valence electrons. The molecule has 2 N–H and O–H groups in total. The van der Waals surface area contributed by atoms with Crippen LogP contribution >= 0.6 is 0 Å².